The summed E-state index contributed by atoms with van der Waals surface area (Å²) in [5.41, 5.74) is 3.62. The van der Waals surface area contributed by atoms with Gasteiger partial charge in [-0.2, -0.15) is 0 Å². The van der Waals surface area contributed by atoms with Crippen molar-refractivity contribution in [1.29, 1.82) is 0 Å². The number of amides is 2. The number of nitrogens with one attached hydrogen (secondary N) is 2. The number of anilines is 2. The largest absolute Gasteiger partial charge is 0.326 e. The lowest BCUT2D eigenvalue weighted by molar-refractivity contribution is -0.119. The van der Waals surface area contributed by atoms with E-state index in [9.17, 15) is 9.59 Å². The Balaban J connectivity index is 0.00000261. The summed E-state index contributed by atoms with van der Waals surface area (Å²) in [7, 11) is 1.82. The summed E-state index contributed by atoms with van der Waals surface area (Å²) in [4.78, 5) is 26.1. The quantitative estimate of drug-likeness (QED) is 0.767. The van der Waals surface area contributed by atoms with Crippen molar-refractivity contribution < 1.29 is 9.59 Å². The van der Waals surface area contributed by atoms with Gasteiger partial charge in [0.15, 0.2) is 0 Å². The second-order valence-electron chi connectivity index (χ2n) is 6.57. The molecule has 2 N–H and O–H groups in total. The van der Waals surface area contributed by atoms with E-state index in [2.05, 4.69) is 10.6 Å². The van der Waals surface area contributed by atoms with Gasteiger partial charge in [0.2, 0.25) is 11.8 Å². The van der Waals surface area contributed by atoms with Gasteiger partial charge in [0.05, 0.1) is 13.0 Å². The topological polar surface area (TPSA) is 61.4 Å². The van der Waals surface area contributed by atoms with Gasteiger partial charge >= 0.3 is 0 Å². The molecule has 3 rings (SSSR count). The number of nitrogens with zero attached hydrogens (tertiary/aromatic N) is 1. The van der Waals surface area contributed by atoms with E-state index in [-0.39, 0.29) is 30.1 Å². The van der Waals surface area contributed by atoms with Gasteiger partial charge in [-0.15, -0.1) is 12.4 Å². The van der Waals surface area contributed by atoms with Gasteiger partial charge in [-0.1, -0.05) is 36.7 Å². The highest BCUT2D eigenvalue weighted by Crippen LogP contribution is 2.32. The van der Waals surface area contributed by atoms with Gasteiger partial charge in [-0.25, -0.2) is 0 Å². The van der Waals surface area contributed by atoms with E-state index in [0.717, 1.165) is 22.5 Å². The van der Waals surface area contributed by atoms with Crippen LogP contribution in [-0.2, 0) is 22.6 Å². The van der Waals surface area contributed by atoms with E-state index >= 15 is 0 Å². The minimum atomic E-state index is -0.108. The summed E-state index contributed by atoms with van der Waals surface area (Å²) >= 11 is 6.07. The Morgan fingerprint density at radius 1 is 1.22 bits per heavy atom. The highest BCUT2D eigenvalue weighted by Gasteiger charge is 2.27. The number of carbonyl (C=O) groups is 2. The summed E-state index contributed by atoms with van der Waals surface area (Å²) < 4.78 is 0. The van der Waals surface area contributed by atoms with Gasteiger partial charge < -0.3 is 15.5 Å². The standard InChI is InChI=1S/C20H22ClN3O2.ClH/c1-13(11-22-2)20(26)23-17-7-3-14(4-8-17)12-24-18-10-16(21)6-5-15(18)9-19(24)25;/h3-8,10,13,22H,9,11-12H2,1-2H3,(H,23,26);1H. The first-order valence-electron chi connectivity index (χ1n) is 8.61. The molecule has 7 heteroatoms. The molecule has 27 heavy (non-hydrogen) atoms. The van der Waals surface area contributed by atoms with E-state index in [1.807, 2.05) is 56.4 Å². The molecule has 1 aliphatic rings. The van der Waals surface area contributed by atoms with Crippen molar-refractivity contribution in [3.05, 3.63) is 58.6 Å². The summed E-state index contributed by atoms with van der Waals surface area (Å²) in [5.74, 6) is -0.0610. The molecular weight excluding hydrogens is 385 g/mol. The zero-order valence-electron chi connectivity index (χ0n) is 15.3. The zero-order valence-corrected chi connectivity index (χ0v) is 16.9. The monoisotopic (exact) mass is 407 g/mol. The van der Waals surface area contributed by atoms with E-state index < -0.39 is 0 Å². The van der Waals surface area contributed by atoms with Crippen LogP contribution in [0.5, 0.6) is 0 Å². The number of hydrogen-bond acceptors (Lipinski definition) is 3. The molecule has 0 spiro atoms. The number of halogens is 2. The number of carbonyl (C=O) groups excluding carboxylic acids is 2. The molecule has 2 amide bonds. The lowest BCUT2D eigenvalue weighted by atomic mass is 10.1. The maximum atomic E-state index is 12.3. The molecule has 0 aromatic heterocycles. The van der Waals surface area contributed by atoms with Crippen LogP contribution in [0.2, 0.25) is 5.02 Å². The van der Waals surface area contributed by atoms with Crippen molar-refractivity contribution >= 4 is 47.2 Å². The summed E-state index contributed by atoms with van der Waals surface area (Å²) in [5, 5.41) is 6.52. The Kier molecular flexibility index (Phi) is 7.25. The highest BCUT2D eigenvalue weighted by atomic mass is 35.5. The van der Waals surface area contributed by atoms with Crippen molar-refractivity contribution in [1.82, 2.24) is 5.32 Å². The molecule has 0 saturated heterocycles. The van der Waals surface area contributed by atoms with Crippen LogP contribution in [0.25, 0.3) is 0 Å². The normalized spacial score (nSPS) is 13.7. The van der Waals surface area contributed by atoms with Crippen LogP contribution in [0.1, 0.15) is 18.1 Å². The van der Waals surface area contributed by atoms with Crippen LogP contribution < -0.4 is 15.5 Å². The SMILES string of the molecule is CNCC(C)C(=O)Nc1ccc(CN2C(=O)Cc3ccc(Cl)cc32)cc1.Cl. The van der Waals surface area contributed by atoms with E-state index in [1.54, 1.807) is 4.90 Å². The maximum Gasteiger partial charge on any atom is 0.231 e. The molecule has 1 atom stereocenters. The minimum absolute atomic E-state index is 0. The number of fused-ring (bicyclic) bond motifs is 1. The van der Waals surface area contributed by atoms with E-state index in [4.69, 9.17) is 11.6 Å². The molecule has 0 aliphatic carbocycles. The molecule has 1 heterocycles. The van der Waals surface area contributed by atoms with Crippen LogP contribution in [0, 0.1) is 5.92 Å². The molecule has 0 saturated carbocycles. The Morgan fingerprint density at radius 3 is 2.59 bits per heavy atom. The zero-order chi connectivity index (χ0) is 18.7. The van der Waals surface area contributed by atoms with Crippen molar-refractivity contribution in [2.45, 2.75) is 19.9 Å². The third-order valence-electron chi connectivity index (χ3n) is 4.50. The molecule has 5 nitrogen and oxygen atoms in total. The van der Waals surface area contributed by atoms with Crippen LogP contribution in [-0.4, -0.2) is 25.4 Å². The van der Waals surface area contributed by atoms with Gasteiger partial charge in [-0.3, -0.25) is 9.59 Å². The Bertz CT molecular complexity index is 824. The second-order valence-corrected chi connectivity index (χ2v) is 7.01. The van der Waals surface area contributed by atoms with Crippen LogP contribution in [0.15, 0.2) is 42.5 Å². The maximum absolute atomic E-state index is 12.3. The van der Waals surface area contributed by atoms with Crippen molar-refractivity contribution in [2.75, 3.05) is 23.8 Å². The fourth-order valence-electron chi connectivity index (χ4n) is 3.04. The molecular formula is C20H23Cl2N3O2. The molecule has 0 bridgehead atoms. The third kappa shape index (κ3) is 5.01. The van der Waals surface area contributed by atoms with E-state index in [0.29, 0.717) is 24.5 Å². The lowest BCUT2D eigenvalue weighted by Gasteiger charge is -2.18. The van der Waals surface area contributed by atoms with Crippen molar-refractivity contribution in [2.24, 2.45) is 5.92 Å². The number of hydrogen-bond donors (Lipinski definition) is 2. The van der Waals surface area contributed by atoms with E-state index in [1.165, 1.54) is 0 Å². The Hall–Kier alpha value is -2.08. The van der Waals surface area contributed by atoms with Gasteiger partial charge in [0.1, 0.15) is 0 Å². The molecule has 0 fully saturated rings. The first kappa shape index (κ1) is 21.2. The Morgan fingerprint density at radius 2 is 1.93 bits per heavy atom. The first-order valence-corrected chi connectivity index (χ1v) is 8.99. The average Bonchev–Trinajstić information content (AvgIpc) is 2.92. The average molecular weight is 408 g/mol. The fraction of sp³-hybridized carbons (Fsp3) is 0.300. The summed E-state index contributed by atoms with van der Waals surface area (Å²) in [6.07, 6.45) is 0.407. The minimum Gasteiger partial charge on any atom is -0.326 e. The lowest BCUT2D eigenvalue weighted by Crippen LogP contribution is -2.28. The van der Waals surface area contributed by atoms with Crippen LogP contribution >= 0.6 is 24.0 Å². The number of rotatable bonds is 6. The predicted molar refractivity (Wildman–Crippen MR) is 112 cm³/mol. The fourth-order valence-corrected chi connectivity index (χ4v) is 3.21. The Labute approximate surface area is 170 Å². The van der Waals surface area contributed by atoms with Crippen LogP contribution in [0.4, 0.5) is 11.4 Å². The molecule has 144 valence electrons. The highest BCUT2D eigenvalue weighted by molar-refractivity contribution is 6.31. The van der Waals surface area contributed by atoms with Crippen LogP contribution in [0.3, 0.4) is 0 Å². The summed E-state index contributed by atoms with van der Waals surface area (Å²) in [6, 6.07) is 13.1. The van der Waals surface area contributed by atoms with Gasteiger partial charge in [-0.05, 0) is 42.4 Å². The molecule has 0 radical (unpaired) electrons. The molecule has 1 unspecified atom stereocenters. The second kappa shape index (κ2) is 9.22. The molecule has 2 aromatic rings. The van der Waals surface area contributed by atoms with Crippen molar-refractivity contribution in [3.8, 4) is 0 Å². The first-order chi connectivity index (χ1) is 12.5. The smallest absolute Gasteiger partial charge is 0.231 e. The third-order valence-corrected chi connectivity index (χ3v) is 4.74. The van der Waals surface area contributed by atoms with Gasteiger partial charge in [0, 0.05) is 28.9 Å². The molecule has 1 aliphatic heterocycles. The van der Waals surface area contributed by atoms with Crippen molar-refractivity contribution in [3.63, 3.8) is 0 Å². The molecule has 2 aromatic carbocycles. The predicted octanol–water partition coefficient (Wildman–Crippen LogP) is 3.65. The van der Waals surface area contributed by atoms with Gasteiger partial charge in [0.25, 0.3) is 0 Å². The summed E-state index contributed by atoms with van der Waals surface area (Å²) in [6.45, 7) is 2.99. The number of benzene rings is 2.